The van der Waals surface area contributed by atoms with E-state index in [-0.39, 0.29) is 17.2 Å². The van der Waals surface area contributed by atoms with Gasteiger partial charge in [0, 0.05) is 4.47 Å². The first kappa shape index (κ1) is 12.3. The largest absolute Gasteiger partial charge is 0.503 e. The number of aromatic hydroxyl groups is 2. The van der Waals surface area contributed by atoms with Crippen molar-refractivity contribution in [1.29, 1.82) is 0 Å². The number of halogens is 2. The maximum Gasteiger partial charge on any atom is 0.202 e. The van der Waals surface area contributed by atoms with E-state index in [9.17, 15) is 10.2 Å². The van der Waals surface area contributed by atoms with Crippen molar-refractivity contribution in [3.05, 3.63) is 45.3 Å². The molecule has 0 aliphatic rings. The summed E-state index contributed by atoms with van der Waals surface area (Å²) in [5.41, 5.74) is 0. The van der Waals surface area contributed by atoms with Crippen molar-refractivity contribution in [2.75, 3.05) is 0 Å². The summed E-state index contributed by atoms with van der Waals surface area (Å²) < 4.78 is 6.80. The van der Waals surface area contributed by atoms with E-state index in [0.717, 1.165) is 4.47 Å². The summed E-state index contributed by atoms with van der Waals surface area (Å²) in [6.45, 7) is 0. The average Bonchev–Trinajstić information content (AvgIpc) is 2.33. The Labute approximate surface area is 115 Å². The Hall–Kier alpha value is -1.20. The first-order chi connectivity index (χ1) is 8.08. The van der Waals surface area contributed by atoms with Crippen molar-refractivity contribution in [3.63, 3.8) is 0 Å². The summed E-state index contributed by atoms with van der Waals surface area (Å²) in [4.78, 5) is 0. The summed E-state index contributed by atoms with van der Waals surface area (Å²) in [7, 11) is 0. The fourth-order valence-corrected chi connectivity index (χ4v) is 1.83. The van der Waals surface area contributed by atoms with Gasteiger partial charge in [0.05, 0.1) is 4.47 Å². The molecule has 88 valence electrons. The summed E-state index contributed by atoms with van der Waals surface area (Å²) in [6, 6.07) is 10.3. The maximum absolute atomic E-state index is 9.68. The van der Waals surface area contributed by atoms with Crippen LogP contribution < -0.4 is 4.74 Å². The summed E-state index contributed by atoms with van der Waals surface area (Å²) in [6.07, 6.45) is 0. The molecule has 2 aromatic carbocycles. The van der Waals surface area contributed by atoms with Crippen LogP contribution in [0.1, 0.15) is 0 Å². The van der Waals surface area contributed by atoms with Gasteiger partial charge in [0.15, 0.2) is 11.5 Å². The number of rotatable bonds is 2. The van der Waals surface area contributed by atoms with Crippen molar-refractivity contribution in [1.82, 2.24) is 0 Å². The SMILES string of the molecule is Oc1c(Br)ccc(Oc2ccc(Br)cc2)c1O. The van der Waals surface area contributed by atoms with Crippen LogP contribution in [0.15, 0.2) is 45.3 Å². The minimum atomic E-state index is -0.290. The second-order valence-electron chi connectivity index (χ2n) is 3.30. The lowest BCUT2D eigenvalue weighted by Gasteiger charge is -2.09. The molecular formula is C12H8Br2O3. The highest BCUT2D eigenvalue weighted by Crippen LogP contribution is 2.42. The number of hydrogen-bond donors (Lipinski definition) is 2. The van der Waals surface area contributed by atoms with Crippen LogP contribution >= 0.6 is 31.9 Å². The second-order valence-corrected chi connectivity index (χ2v) is 5.07. The third kappa shape index (κ3) is 2.73. The molecule has 5 heteroatoms. The standard InChI is InChI=1S/C12H8Br2O3/c13-7-1-3-8(4-2-7)17-10-6-5-9(14)11(15)12(10)16/h1-6,15-16H. The second kappa shape index (κ2) is 4.98. The molecule has 0 saturated carbocycles. The van der Waals surface area contributed by atoms with E-state index in [0.29, 0.717) is 10.2 Å². The molecule has 0 saturated heterocycles. The number of benzene rings is 2. The van der Waals surface area contributed by atoms with Crippen molar-refractivity contribution in [2.45, 2.75) is 0 Å². The van der Waals surface area contributed by atoms with Gasteiger partial charge in [0.25, 0.3) is 0 Å². The zero-order valence-corrected chi connectivity index (χ0v) is 11.7. The fourth-order valence-electron chi connectivity index (χ4n) is 1.25. The molecule has 3 nitrogen and oxygen atoms in total. The third-order valence-corrected chi connectivity index (χ3v) is 3.27. The van der Waals surface area contributed by atoms with Gasteiger partial charge in [-0.15, -0.1) is 0 Å². The predicted octanol–water partition coefficient (Wildman–Crippen LogP) is 4.42. The van der Waals surface area contributed by atoms with E-state index >= 15 is 0 Å². The Kier molecular flexibility index (Phi) is 3.59. The zero-order valence-electron chi connectivity index (χ0n) is 8.52. The molecule has 0 fully saturated rings. The molecule has 2 N–H and O–H groups in total. The monoisotopic (exact) mass is 358 g/mol. The van der Waals surface area contributed by atoms with Crippen LogP contribution in [0.3, 0.4) is 0 Å². The maximum atomic E-state index is 9.68. The third-order valence-electron chi connectivity index (χ3n) is 2.11. The Balaban J connectivity index is 2.30. The Bertz CT molecular complexity index is 538. The van der Waals surface area contributed by atoms with Crippen LogP contribution in [-0.2, 0) is 0 Å². The number of hydrogen-bond acceptors (Lipinski definition) is 3. The van der Waals surface area contributed by atoms with Crippen LogP contribution in [0.25, 0.3) is 0 Å². The predicted molar refractivity (Wildman–Crippen MR) is 71.7 cm³/mol. The molecule has 0 radical (unpaired) electrons. The molecule has 2 rings (SSSR count). The minimum Gasteiger partial charge on any atom is -0.503 e. The molecule has 0 amide bonds. The molecule has 0 bridgehead atoms. The van der Waals surface area contributed by atoms with Gasteiger partial charge >= 0.3 is 0 Å². The molecule has 17 heavy (non-hydrogen) atoms. The lowest BCUT2D eigenvalue weighted by molar-refractivity contribution is 0.371. The minimum absolute atomic E-state index is 0.202. The van der Waals surface area contributed by atoms with Crippen molar-refractivity contribution in [3.8, 4) is 23.0 Å². The van der Waals surface area contributed by atoms with Crippen LogP contribution in [0.2, 0.25) is 0 Å². The summed E-state index contributed by atoms with van der Waals surface area (Å²) >= 11 is 6.42. The van der Waals surface area contributed by atoms with E-state index in [1.165, 1.54) is 0 Å². The van der Waals surface area contributed by atoms with Gasteiger partial charge in [0.2, 0.25) is 5.75 Å². The van der Waals surface area contributed by atoms with Gasteiger partial charge in [-0.05, 0) is 52.3 Å². The highest BCUT2D eigenvalue weighted by Gasteiger charge is 2.11. The normalized spacial score (nSPS) is 10.2. The first-order valence-corrected chi connectivity index (χ1v) is 6.30. The molecule has 0 spiro atoms. The fraction of sp³-hybridized carbons (Fsp3) is 0. The van der Waals surface area contributed by atoms with Gasteiger partial charge in [-0.2, -0.15) is 0 Å². The molecule has 0 atom stereocenters. The average molecular weight is 360 g/mol. The Morgan fingerprint density at radius 1 is 0.824 bits per heavy atom. The lowest BCUT2D eigenvalue weighted by atomic mass is 10.3. The summed E-state index contributed by atoms with van der Waals surface area (Å²) in [5.74, 6) is 0.250. The van der Waals surface area contributed by atoms with E-state index in [4.69, 9.17) is 4.74 Å². The summed E-state index contributed by atoms with van der Waals surface area (Å²) in [5, 5.41) is 19.2. The van der Waals surface area contributed by atoms with Gasteiger partial charge in [-0.25, -0.2) is 0 Å². The van der Waals surface area contributed by atoms with Gasteiger partial charge in [-0.3, -0.25) is 0 Å². The quantitative estimate of drug-likeness (QED) is 0.780. The number of phenolic OH excluding ortho intramolecular Hbond substituents is 2. The van der Waals surface area contributed by atoms with Crippen LogP contribution in [0.4, 0.5) is 0 Å². The highest BCUT2D eigenvalue weighted by atomic mass is 79.9. The molecule has 0 heterocycles. The zero-order chi connectivity index (χ0) is 12.4. The Morgan fingerprint density at radius 3 is 2.12 bits per heavy atom. The number of phenols is 2. The van der Waals surface area contributed by atoms with Crippen LogP contribution in [-0.4, -0.2) is 10.2 Å². The smallest absolute Gasteiger partial charge is 0.202 e. The van der Waals surface area contributed by atoms with E-state index in [2.05, 4.69) is 31.9 Å². The number of ether oxygens (including phenoxy) is 1. The van der Waals surface area contributed by atoms with Crippen molar-refractivity contribution >= 4 is 31.9 Å². The molecule has 0 unspecified atom stereocenters. The van der Waals surface area contributed by atoms with Crippen LogP contribution in [0, 0.1) is 0 Å². The molecular weight excluding hydrogens is 352 g/mol. The topological polar surface area (TPSA) is 49.7 Å². The Morgan fingerprint density at radius 2 is 1.47 bits per heavy atom. The van der Waals surface area contributed by atoms with Gasteiger partial charge in [0.1, 0.15) is 5.75 Å². The van der Waals surface area contributed by atoms with Crippen molar-refractivity contribution < 1.29 is 14.9 Å². The first-order valence-electron chi connectivity index (χ1n) is 4.72. The molecule has 0 aliphatic heterocycles. The van der Waals surface area contributed by atoms with Crippen LogP contribution in [0.5, 0.6) is 23.0 Å². The molecule has 0 aromatic heterocycles. The van der Waals surface area contributed by atoms with Gasteiger partial charge < -0.3 is 14.9 Å². The van der Waals surface area contributed by atoms with E-state index in [1.807, 2.05) is 12.1 Å². The molecule has 2 aromatic rings. The van der Waals surface area contributed by atoms with Crippen molar-refractivity contribution in [2.24, 2.45) is 0 Å². The lowest BCUT2D eigenvalue weighted by Crippen LogP contribution is -1.85. The molecule has 0 aliphatic carbocycles. The van der Waals surface area contributed by atoms with E-state index in [1.54, 1.807) is 24.3 Å². The highest BCUT2D eigenvalue weighted by molar-refractivity contribution is 9.10. The van der Waals surface area contributed by atoms with E-state index < -0.39 is 0 Å². The van der Waals surface area contributed by atoms with Gasteiger partial charge in [-0.1, -0.05) is 15.9 Å².